The van der Waals surface area contributed by atoms with Crippen LogP contribution in [-0.2, 0) is 37.4 Å². The van der Waals surface area contributed by atoms with Crippen molar-refractivity contribution < 1.29 is 52.5 Å². The van der Waals surface area contributed by atoms with Crippen LogP contribution in [-0.4, -0.2) is 93.4 Å². The fourth-order valence-electron chi connectivity index (χ4n) is 4.36. The fraction of sp³-hybridized carbons (Fsp3) is 0.714. The van der Waals surface area contributed by atoms with Gasteiger partial charge >= 0.3 is 13.5 Å². The summed E-state index contributed by atoms with van der Waals surface area (Å²) in [6.45, 7) is 0.922. The van der Waals surface area contributed by atoms with Crippen molar-refractivity contribution in [3.05, 3.63) is 22.7 Å². The second-order valence-electron chi connectivity index (χ2n) is 9.05. The predicted octanol–water partition coefficient (Wildman–Crippen LogP) is -1.42. The number of aliphatic hydroxyl groups excluding tert-OH is 2. The molecule has 0 saturated carbocycles. The van der Waals surface area contributed by atoms with Crippen molar-refractivity contribution in [1.29, 1.82) is 0 Å². The number of rotatable bonds is 12. The molecule has 1 amide bonds. The molecule has 214 valence electrons. The average molecular weight is 564 g/mol. The van der Waals surface area contributed by atoms with Gasteiger partial charge in [0.2, 0.25) is 11.7 Å². The fourth-order valence-corrected chi connectivity index (χ4v) is 5.30. The highest BCUT2D eigenvalue weighted by Gasteiger charge is 2.52. The summed E-state index contributed by atoms with van der Waals surface area (Å²) in [5.74, 6) is -2.81. The van der Waals surface area contributed by atoms with E-state index in [4.69, 9.17) is 29.0 Å². The number of amides is 1. The molecule has 0 aromatic carbocycles. The van der Waals surface area contributed by atoms with Crippen molar-refractivity contribution in [2.75, 3.05) is 26.1 Å². The molecule has 8 unspecified atom stereocenters. The Bertz CT molecular complexity index is 1090. The van der Waals surface area contributed by atoms with E-state index in [2.05, 4.69) is 10.3 Å². The average Bonchev–Trinajstić information content (AvgIpc) is 3.20. The number of methoxy groups -OCH3 is 1. The van der Waals surface area contributed by atoms with Gasteiger partial charge in [-0.1, -0.05) is 0 Å². The maximum absolute atomic E-state index is 12.8. The number of carbonyl (C=O) groups excluding carboxylic acids is 2. The molecule has 1 aromatic heterocycles. The number of nitrogens with zero attached hydrogens (tertiary/aromatic N) is 2. The van der Waals surface area contributed by atoms with Gasteiger partial charge in [-0.05, 0) is 18.9 Å². The Morgan fingerprint density at radius 1 is 1.39 bits per heavy atom. The second-order valence-corrected chi connectivity index (χ2v) is 10.4. The molecule has 0 bridgehead atoms. The molecule has 2 aliphatic rings. The summed E-state index contributed by atoms with van der Waals surface area (Å²) in [5.41, 5.74) is 4.76. The highest BCUT2D eigenvalue weighted by molar-refractivity contribution is 7.47. The molecule has 0 aliphatic carbocycles. The van der Waals surface area contributed by atoms with Crippen LogP contribution in [0.4, 0.5) is 5.82 Å². The van der Waals surface area contributed by atoms with E-state index in [-0.39, 0.29) is 24.9 Å². The van der Waals surface area contributed by atoms with Crippen molar-refractivity contribution in [1.82, 2.24) is 14.9 Å². The summed E-state index contributed by atoms with van der Waals surface area (Å²) in [5, 5.41) is 23.5. The van der Waals surface area contributed by atoms with Crippen LogP contribution in [0.3, 0.4) is 0 Å². The number of aromatic nitrogens is 2. The Kier molecular flexibility index (Phi) is 10.1. The number of nitrogens with two attached hydrogens (primary N) is 1. The molecule has 38 heavy (non-hydrogen) atoms. The molecule has 1 aromatic rings. The maximum Gasteiger partial charge on any atom is 0.475 e. The van der Waals surface area contributed by atoms with Crippen LogP contribution < -0.4 is 16.7 Å². The number of phosphoric acid groups is 1. The first-order chi connectivity index (χ1) is 17.9. The molecule has 2 fully saturated rings. The minimum Gasteiger partial charge on any atom is -0.391 e. The molecular formula is C21H33N4O12P. The van der Waals surface area contributed by atoms with E-state index >= 15 is 0 Å². The third kappa shape index (κ3) is 7.65. The number of aldehydes is 1. The maximum atomic E-state index is 12.8. The molecule has 17 heteroatoms. The van der Waals surface area contributed by atoms with Crippen molar-refractivity contribution in [2.24, 2.45) is 0 Å². The second kappa shape index (κ2) is 12.7. The lowest BCUT2D eigenvalue weighted by Gasteiger charge is -2.44. The zero-order valence-electron chi connectivity index (χ0n) is 20.9. The van der Waals surface area contributed by atoms with Gasteiger partial charge in [-0.25, -0.2) is 13.9 Å². The minimum atomic E-state index is -5.03. The molecule has 6 N–H and O–H groups in total. The number of hydrogen-bond donors (Lipinski definition) is 5. The van der Waals surface area contributed by atoms with E-state index < -0.39 is 74.9 Å². The van der Waals surface area contributed by atoms with Crippen molar-refractivity contribution in [3.8, 4) is 0 Å². The summed E-state index contributed by atoms with van der Waals surface area (Å²) in [6.07, 6.45) is -4.08. The van der Waals surface area contributed by atoms with Gasteiger partial charge in [0, 0.05) is 39.7 Å². The molecule has 2 aliphatic heterocycles. The predicted molar refractivity (Wildman–Crippen MR) is 127 cm³/mol. The van der Waals surface area contributed by atoms with Gasteiger partial charge in [0.1, 0.15) is 18.1 Å². The minimum absolute atomic E-state index is 0.00605. The number of nitrogens with one attached hydrogen (secondary N) is 1. The first-order valence-electron chi connectivity index (χ1n) is 11.8. The van der Waals surface area contributed by atoms with E-state index in [9.17, 15) is 34.1 Å². The third-order valence-corrected chi connectivity index (χ3v) is 7.10. The summed E-state index contributed by atoms with van der Waals surface area (Å²) >= 11 is 0. The highest BCUT2D eigenvalue weighted by Crippen LogP contribution is 2.50. The Morgan fingerprint density at radius 3 is 2.76 bits per heavy atom. The van der Waals surface area contributed by atoms with Crippen molar-refractivity contribution in [3.63, 3.8) is 0 Å². The van der Waals surface area contributed by atoms with Gasteiger partial charge in [-0.15, -0.1) is 0 Å². The van der Waals surface area contributed by atoms with E-state index in [1.807, 2.05) is 0 Å². The Labute approximate surface area is 217 Å². The van der Waals surface area contributed by atoms with Crippen molar-refractivity contribution >= 4 is 25.8 Å². The van der Waals surface area contributed by atoms with Gasteiger partial charge in [0.25, 0.3) is 0 Å². The van der Waals surface area contributed by atoms with Crippen LogP contribution >= 0.6 is 7.82 Å². The van der Waals surface area contributed by atoms with E-state index in [1.165, 1.54) is 26.3 Å². The molecule has 3 heterocycles. The first-order valence-corrected chi connectivity index (χ1v) is 13.3. The molecule has 0 spiro atoms. The van der Waals surface area contributed by atoms with Crippen LogP contribution in [0.5, 0.6) is 0 Å². The molecular weight excluding hydrogens is 531 g/mol. The smallest absolute Gasteiger partial charge is 0.391 e. The number of hydrogen-bond acceptors (Lipinski definition) is 13. The lowest BCUT2D eigenvalue weighted by atomic mass is 9.91. The van der Waals surface area contributed by atoms with Gasteiger partial charge in [0.05, 0.1) is 31.0 Å². The standard InChI is InChI=1S/C21H33N4O12P/c1-12(27)23-19-14(29)9-21(11-26,36-15(19)4-3-7-33-2)37-38(31,32)34-10-16-13(28)8-18(35-16)25-6-5-17(22)24-20(25)30/h5-6,11,13-16,18-19,28-29H,3-4,7-10H2,1-2H3,(H,23,27)(H,31,32)(H2,22,24,30). The number of anilines is 1. The number of phosphoric ester groups is 1. The first kappa shape index (κ1) is 30.3. The van der Waals surface area contributed by atoms with Crippen LogP contribution in [0.15, 0.2) is 17.1 Å². The zero-order valence-corrected chi connectivity index (χ0v) is 21.8. The lowest BCUT2D eigenvalue weighted by Crippen LogP contribution is -2.61. The third-order valence-electron chi connectivity index (χ3n) is 6.08. The number of carbonyl (C=O) groups is 2. The van der Waals surface area contributed by atoms with Crippen LogP contribution in [0, 0.1) is 0 Å². The molecule has 2 saturated heterocycles. The lowest BCUT2D eigenvalue weighted by molar-refractivity contribution is -0.252. The molecule has 3 rings (SSSR count). The van der Waals surface area contributed by atoms with E-state index in [0.29, 0.717) is 13.0 Å². The Balaban J connectivity index is 1.66. The number of nitrogen functional groups attached to an aromatic ring is 1. The van der Waals surface area contributed by atoms with Crippen LogP contribution in [0.1, 0.15) is 38.8 Å². The van der Waals surface area contributed by atoms with Gasteiger partial charge < -0.3 is 40.4 Å². The number of ether oxygens (including phenoxy) is 3. The summed E-state index contributed by atoms with van der Waals surface area (Å²) in [7, 11) is -3.55. The van der Waals surface area contributed by atoms with Gasteiger partial charge in [-0.3, -0.25) is 18.7 Å². The largest absolute Gasteiger partial charge is 0.475 e. The summed E-state index contributed by atoms with van der Waals surface area (Å²) in [4.78, 5) is 49.6. The van der Waals surface area contributed by atoms with Crippen LogP contribution in [0.2, 0.25) is 0 Å². The molecule has 8 atom stereocenters. The Hall–Kier alpha value is -2.27. The zero-order chi connectivity index (χ0) is 28.1. The summed E-state index contributed by atoms with van der Waals surface area (Å²) < 4.78 is 40.2. The van der Waals surface area contributed by atoms with E-state index in [0.717, 1.165) is 4.57 Å². The monoisotopic (exact) mass is 564 g/mol. The highest BCUT2D eigenvalue weighted by atomic mass is 31.2. The summed E-state index contributed by atoms with van der Waals surface area (Å²) in [6, 6.07) is 0.456. The molecule has 16 nitrogen and oxygen atoms in total. The quantitative estimate of drug-likeness (QED) is 0.111. The van der Waals surface area contributed by atoms with Gasteiger partial charge in [-0.2, -0.15) is 4.98 Å². The Morgan fingerprint density at radius 2 is 2.13 bits per heavy atom. The molecule has 0 radical (unpaired) electrons. The topological polar surface area (TPSA) is 231 Å². The number of aliphatic hydroxyl groups is 2. The van der Waals surface area contributed by atoms with Gasteiger partial charge in [0.15, 0.2) is 6.29 Å². The SMILES string of the molecule is COCCCC1OC(C=O)(OP(=O)(O)OCC2OC(n3ccc(N)nc3=O)CC2O)CC(O)C1NC(C)=O. The van der Waals surface area contributed by atoms with E-state index in [1.54, 1.807) is 0 Å². The van der Waals surface area contributed by atoms with Crippen molar-refractivity contribution in [2.45, 2.75) is 75.1 Å². The normalized spacial score (nSPS) is 33.0. The van der Waals surface area contributed by atoms with Crippen LogP contribution in [0.25, 0.3) is 0 Å².